The average Bonchev–Trinajstić information content (AvgIpc) is 3.32. The molecule has 3 aromatic rings. The summed E-state index contributed by atoms with van der Waals surface area (Å²) in [6, 6.07) is 8.30. The van der Waals surface area contributed by atoms with Crippen molar-refractivity contribution in [3.05, 3.63) is 57.9 Å². The minimum Gasteiger partial charge on any atom is -0.355 e. The van der Waals surface area contributed by atoms with Gasteiger partial charge in [0.25, 0.3) is 17.5 Å². The molecule has 0 bridgehead atoms. The second-order valence-electron chi connectivity index (χ2n) is 6.81. The Morgan fingerprint density at radius 2 is 2.14 bits per heavy atom. The number of hydrogen-bond donors (Lipinski definition) is 1. The van der Waals surface area contributed by atoms with E-state index in [1.165, 1.54) is 0 Å². The largest absolute Gasteiger partial charge is 0.355 e. The molecule has 1 saturated heterocycles. The Morgan fingerprint density at radius 1 is 1.32 bits per heavy atom. The topological polar surface area (TPSA) is 88.3 Å². The van der Waals surface area contributed by atoms with Gasteiger partial charge in [-0.25, -0.2) is 4.98 Å². The van der Waals surface area contributed by atoms with Crippen LogP contribution in [0.1, 0.15) is 51.0 Å². The van der Waals surface area contributed by atoms with Crippen LogP contribution in [0.3, 0.4) is 0 Å². The lowest BCUT2D eigenvalue weighted by atomic mass is 10.0. The van der Waals surface area contributed by atoms with Crippen LogP contribution in [0.15, 0.2) is 34.9 Å². The summed E-state index contributed by atoms with van der Waals surface area (Å²) in [5.74, 6) is -0.367. The van der Waals surface area contributed by atoms with Gasteiger partial charge in [0.1, 0.15) is 5.69 Å². The molecule has 8 heteroatoms. The van der Waals surface area contributed by atoms with Gasteiger partial charge in [-0.15, -0.1) is 0 Å². The highest BCUT2D eigenvalue weighted by Crippen LogP contribution is 2.37. The molecule has 0 radical (unpaired) electrons. The molecule has 2 amide bonds. The number of carbonyl (C=O) groups excluding carboxylic acids is 2. The minimum atomic E-state index is -0.291. The summed E-state index contributed by atoms with van der Waals surface area (Å²) in [6.45, 7) is 2.39. The van der Waals surface area contributed by atoms with Crippen LogP contribution in [0.5, 0.6) is 0 Å². The van der Waals surface area contributed by atoms with Crippen molar-refractivity contribution in [2.24, 2.45) is 0 Å². The Morgan fingerprint density at radius 3 is 2.89 bits per heavy atom. The van der Waals surface area contributed by atoms with Gasteiger partial charge in [0.15, 0.2) is 0 Å². The number of aromatic nitrogens is 2. The van der Waals surface area contributed by atoms with Crippen LogP contribution in [0.25, 0.3) is 11.1 Å². The lowest BCUT2D eigenvalue weighted by Crippen LogP contribution is -2.31. The highest BCUT2D eigenvalue weighted by atomic mass is 35.5. The van der Waals surface area contributed by atoms with Crippen LogP contribution < -0.4 is 5.32 Å². The fraction of sp³-hybridized carbons (Fsp3) is 0.300. The van der Waals surface area contributed by atoms with Crippen molar-refractivity contribution < 1.29 is 14.1 Å². The maximum absolute atomic E-state index is 13.1. The molecule has 1 atom stereocenters. The molecule has 1 unspecified atom stereocenters. The Bertz CT molecular complexity index is 1080. The summed E-state index contributed by atoms with van der Waals surface area (Å²) < 4.78 is 5.43. The van der Waals surface area contributed by atoms with Gasteiger partial charge in [0.2, 0.25) is 0 Å². The third-order valence-corrected chi connectivity index (χ3v) is 5.21. The van der Waals surface area contributed by atoms with Gasteiger partial charge in [-0.1, -0.05) is 22.8 Å². The van der Waals surface area contributed by atoms with Crippen molar-refractivity contribution >= 4 is 34.5 Å². The Balaban J connectivity index is 1.79. The number of aryl methyl sites for hydroxylation is 1. The first-order valence-electron chi connectivity index (χ1n) is 9.05. The molecule has 144 valence electrons. The van der Waals surface area contributed by atoms with E-state index in [0.717, 1.165) is 12.8 Å². The van der Waals surface area contributed by atoms with Crippen LogP contribution in [0.4, 0.5) is 0 Å². The first-order chi connectivity index (χ1) is 13.5. The van der Waals surface area contributed by atoms with Gasteiger partial charge >= 0.3 is 0 Å². The molecule has 0 saturated carbocycles. The molecule has 1 aromatic carbocycles. The molecule has 1 aliphatic heterocycles. The van der Waals surface area contributed by atoms with Crippen LogP contribution in [-0.4, -0.2) is 40.4 Å². The zero-order chi connectivity index (χ0) is 19.8. The molecule has 0 aliphatic carbocycles. The van der Waals surface area contributed by atoms with Crippen LogP contribution >= 0.6 is 11.6 Å². The van der Waals surface area contributed by atoms with E-state index in [4.69, 9.17) is 16.1 Å². The molecule has 4 rings (SSSR count). The van der Waals surface area contributed by atoms with Crippen molar-refractivity contribution in [1.29, 1.82) is 0 Å². The number of rotatable bonds is 3. The highest BCUT2D eigenvalue weighted by Gasteiger charge is 2.35. The molecule has 2 aromatic heterocycles. The maximum Gasteiger partial charge on any atom is 0.259 e. The van der Waals surface area contributed by atoms with Crippen molar-refractivity contribution in [1.82, 2.24) is 20.4 Å². The second-order valence-corrected chi connectivity index (χ2v) is 7.24. The molecular formula is C20H19ClN4O3. The van der Waals surface area contributed by atoms with Crippen molar-refractivity contribution in [3.8, 4) is 0 Å². The third-order valence-electron chi connectivity index (χ3n) is 4.97. The number of benzene rings is 1. The summed E-state index contributed by atoms with van der Waals surface area (Å²) in [5.41, 5.74) is 2.49. The van der Waals surface area contributed by atoms with Crippen molar-refractivity contribution in [2.45, 2.75) is 25.8 Å². The summed E-state index contributed by atoms with van der Waals surface area (Å²) >= 11 is 6.05. The van der Waals surface area contributed by atoms with E-state index in [9.17, 15) is 9.59 Å². The quantitative estimate of drug-likeness (QED) is 0.729. The zero-order valence-corrected chi connectivity index (χ0v) is 16.3. The monoisotopic (exact) mass is 398 g/mol. The predicted molar refractivity (Wildman–Crippen MR) is 104 cm³/mol. The van der Waals surface area contributed by atoms with E-state index in [1.54, 1.807) is 49.2 Å². The summed E-state index contributed by atoms with van der Waals surface area (Å²) in [6.07, 6.45) is 1.56. The SMILES string of the molecule is CNC(=O)c1cc(C)nc2onc(C3CCCN3C(=O)c3cccc(Cl)c3)c12. The van der Waals surface area contributed by atoms with Crippen molar-refractivity contribution in [3.63, 3.8) is 0 Å². The summed E-state index contributed by atoms with van der Waals surface area (Å²) in [4.78, 5) is 31.6. The van der Waals surface area contributed by atoms with Gasteiger partial charge in [-0.3, -0.25) is 9.59 Å². The fourth-order valence-electron chi connectivity index (χ4n) is 3.72. The normalized spacial score (nSPS) is 16.5. The molecular weight excluding hydrogens is 380 g/mol. The van der Waals surface area contributed by atoms with Crippen LogP contribution in [0, 0.1) is 6.92 Å². The highest BCUT2D eigenvalue weighted by molar-refractivity contribution is 6.31. The number of nitrogens with zero attached hydrogens (tertiary/aromatic N) is 3. The fourth-order valence-corrected chi connectivity index (χ4v) is 3.91. The Hall–Kier alpha value is -2.93. The summed E-state index contributed by atoms with van der Waals surface area (Å²) in [7, 11) is 1.57. The number of fused-ring (bicyclic) bond motifs is 1. The number of carbonyl (C=O) groups is 2. The van der Waals surface area contributed by atoms with Crippen molar-refractivity contribution in [2.75, 3.05) is 13.6 Å². The van der Waals surface area contributed by atoms with E-state index >= 15 is 0 Å². The number of hydrogen-bond acceptors (Lipinski definition) is 5. The minimum absolute atomic E-state index is 0.122. The van der Waals surface area contributed by atoms with E-state index < -0.39 is 0 Å². The molecule has 1 N–H and O–H groups in total. The smallest absolute Gasteiger partial charge is 0.259 e. The molecule has 1 fully saturated rings. The van der Waals surface area contributed by atoms with Crippen LogP contribution in [0.2, 0.25) is 5.02 Å². The number of halogens is 1. The number of pyridine rings is 1. The van der Waals surface area contributed by atoms with Gasteiger partial charge in [0.05, 0.1) is 17.0 Å². The lowest BCUT2D eigenvalue weighted by molar-refractivity contribution is 0.0731. The van der Waals surface area contributed by atoms with Gasteiger partial charge < -0.3 is 14.7 Å². The number of amides is 2. The standard InChI is InChI=1S/C20H19ClN4O3/c1-11-9-14(18(26)22-2)16-17(24-28-19(16)23-11)15-7-4-8-25(15)20(27)12-5-3-6-13(21)10-12/h3,5-6,9-10,15H,4,7-8H2,1-2H3,(H,22,26). The average molecular weight is 399 g/mol. The Kier molecular flexibility index (Phi) is 4.77. The molecule has 28 heavy (non-hydrogen) atoms. The molecule has 1 aliphatic rings. The molecule has 0 spiro atoms. The Labute approximate surface area is 166 Å². The van der Waals surface area contributed by atoms with Crippen LogP contribution in [-0.2, 0) is 0 Å². The first-order valence-corrected chi connectivity index (χ1v) is 9.43. The van der Waals surface area contributed by atoms with Gasteiger partial charge in [-0.2, -0.15) is 0 Å². The number of nitrogens with one attached hydrogen (secondary N) is 1. The molecule has 7 nitrogen and oxygen atoms in total. The zero-order valence-electron chi connectivity index (χ0n) is 15.5. The third kappa shape index (κ3) is 3.11. The molecule has 3 heterocycles. The summed E-state index contributed by atoms with van der Waals surface area (Å²) in [5, 5.41) is 7.91. The van der Waals surface area contributed by atoms with E-state index in [0.29, 0.717) is 45.2 Å². The van der Waals surface area contributed by atoms with E-state index in [1.807, 2.05) is 0 Å². The van der Waals surface area contributed by atoms with E-state index in [2.05, 4.69) is 15.5 Å². The lowest BCUT2D eigenvalue weighted by Gasteiger charge is -2.23. The van der Waals surface area contributed by atoms with Gasteiger partial charge in [-0.05, 0) is 44.0 Å². The van der Waals surface area contributed by atoms with E-state index in [-0.39, 0.29) is 17.9 Å². The second kappa shape index (κ2) is 7.24. The first kappa shape index (κ1) is 18.4. The van der Waals surface area contributed by atoms with Gasteiger partial charge in [0, 0.05) is 29.9 Å². The maximum atomic E-state index is 13.1. The predicted octanol–water partition coefficient (Wildman–Crippen LogP) is 3.52. The number of likely N-dealkylation sites (tertiary alicyclic amines) is 1.